The lowest BCUT2D eigenvalue weighted by atomic mass is 10.3. The van der Waals surface area contributed by atoms with E-state index in [9.17, 15) is 8.42 Å². The molecule has 9 nitrogen and oxygen atoms in total. The van der Waals surface area contributed by atoms with E-state index >= 15 is 0 Å². The molecule has 34 heavy (non-hydrogen) atoms. The largest absolute Gasteiger partial charge is 0.495 e. The van der Waals surface area contributed by atoms with Crippen molar-refractivity contribution in [2.45, 2.75) is 25.7 Å². The Morgan fingerprint density at radius 1 is 0.971 bits per heavy atom. The molecule has 2 aromatic heterocycles. The minimum Gasteiger partial charge on any atom is -0.495 e. The number of sulfonamides is 1. The summed E-state index contributed by atoms with van der Waals surface area (Å²) >= 11 is 5.97. The van der Waals surface area contributed by atoms with Gasteiger partial charge in [-0.05, 0) is 69.3 Å². The van der Waals surface area contributed by atoms with Crippen molar-refractivity contribution >= 4 is 27.3 Å². The minimum absolute atomic E-state index is 0.0593. The number of hydrogen-bond donors (Lipinski definition) is 1. The fourth-order valence-electron chi connectivity index (χ4n) is 3.33. The van der Waals surface area contributed by atoms with Gasteiger partial charge >= 0.3 is 0 Å². The SMILES string of the molecule is COc1ccc(Cl)cc1S(=O)(=O)Nc1ccc(Oc2cc(-n3nc(C)cc3C)nc(C)n2)cc1. The highest BCUT2D eigenvalue weighted by Gasteiger charge is 2.20. The Kier molecular flexibility index (Phi) is 6.45. The van der Waals surface area contributed by atoms with Gasteiger partial charge in [0, 0.05) is 22.5 Å². The number of hydrogen-bond acceptors (Lipinski definition) is 7. The van der Waals surface area contributed by atoms with Crippen molar-refractivity contribution in [2.24, 2.45) is 0 Å². The Balaban J connectivity index is 1.54. The number of rotatable bonds is 7. The first-order valence-electron chi connectivity index (χ1n) is 10.2. The summed E-state index contributed by atoms with van der Waals surface area (Å²) in [5.74, 6) is 2.12. The molecule has 0 spiro atoms. The molecule has 0 aliphatic heterocycles. The highest BCUT2D eigenvalue weighted by atomic mass is 35.5. The van der Waals surface area contributed by atoms with Gasteiger partial charge in [-0.2, -0.15) is 10.1 Å². The summed E-state index contributed by atoms with van der Waals surface area (Å²) in [7, 11) is -2.53. The summed E-state index contributed by atoms with van der Waals surface area (Å²) in [6.07, 6.45) is 0. The van der Waals surface area contributed by atoms with Crippen LogP contribution in [0.5, 0.6) is 17.4 Å². The quantitative estimate of drug-likeness (QED) is 0.387. The molecule has 176 valence electrons. The van der Waals surface area contributed by atoms with Crippen LogP contribution in [-0.4, -0.2) is 35.3 Å². The number of aromatic nitrogens is 4. The number of halogens is 1. The predicted molar refractivity (Wildman–Crippen MR) is 129 cm³/mol. The average molecular weight is 500 g/mol. The van der Waals surface area contributed by atoms with Gasteiger partial charge in [0.15, 0.2) is 5.82 Å². The van der Waals surface area contributed by atoms with Crippen LogP contribution in [0.3, 0.4) is 0 Å². The van der Waals surface area contributed by atoms with E-state index in [1.165, 1.54) is 19.2 Å². The summed E-state index contributed by atoms with van der Waals surface area (Å²) in [6.45, 7) is 5.62. The summed E-state index contributed by atoms with van der Waals surface area (Å²) in [5.41, 5.74) is 2.16. The molecule has 0 radical (unpaired) electrons. The van der Waals surface area contributed by atoms with E-state index in [-0.39, 0.29) is 15.7 Å². The van der Waals surface area contributed by atoms with Gasteiger partial charge in [0.05, 0.1) is 12.8 Å². The van der Waals surface area contributed by atoms with Crippen LogP contribution < -0.4 is 14.2 Å². The van der Waals surface area contributed by atoms with Crippen LogP contribution >= 0.6 is 11.6 Å². The predicted octanol–water partition coefficient (Wildman–Crippen LogP) is 4.84. The van der Waals surface area contributed by atoms with Crippen molar-refractivity contribution in [1.29, 1.82) is 0 Å². The molecule has 11 heteroatoms. The van der Waals surface area contributed by atoms with E-state index in [0.29, 0.717) is 29.0 Å². The first kappa shape index (κ1) is 23.5. The third-order valence-electron chi connectivity index (χ3n) is 4.77. The third-order valence-corrected chi connectivity index (χ3v) is 6.41. The molecule has 0 saturated heterocycles. The fourth-order valence-corrected chi connectivity index (χ4v) is 4.82. The molecule has 2 heterocycles. The number of nitrogens with zero attached hydrogens (tertiary/aromatic N) is 4. The van der Waals surface area contributed by atoms with Crippen LogP contribution in [0, 0.1) is 20.8 Å². The third kappa shape index (κ3) is 5.13. The van der Waals surface area contributed by atoms with Crippen LogP contribution in [0.1, 0.15) is 17.2 Å². The van der Waals surface area contributed by atoms with Gasteiger partial charge in [0.1, 0.15) is 22.2 Å². The van der Waals surface area contributed by atoms with Crippen LogP contribution in [0.2, 0.25) is 5.02 Å². The van der Waals surface area contributed by atoms with Crippen molar-refractivity contribution < 1.29 is 17.9 Å². The summed E-state index contributed by atoms with van der Waals surface area (Å²) in [6, 6.07) is 14.5. The maximum absolute atomic E-state index is 12.8. The number of ether oxygens (including phenoxy) is 2. The highest BCUT2D eigenvalue weighted by molar-refractivity contribution is 7.92. The van der Waals surface area contributed by atoms with Gasteiger partial charge in [-0.3, -0.25) is 4.72 Å². The summed E-state index contributed by atoms with van der Waals surface area (Å²) in [4.78, 5) is 8.70. The second-order valence-electron chi connectivity index (χ2n) is 7.48. The van der Waals surface area contributed by atoms with Crippen molar-refractivity contribution in [3.8, 4) is 23.2 Å². The van der Waals surface area contributed by atoms with Crippen LogP contribution in [-0.2, 0) is 10.0 Å². The number of methoxy groups -OCH3 is 1. The first-order valence-corrected chi connectivity index (χ1v) is 12.0. The first-order chi connectivity index (χ1) is 16.1. The number of aryl methyl sites for hydroxylation is 3. The molecule has 0 bridgehead atoms. The van der Waals surface area contributed by atoms with Gasteiger partial charge in [-0.15, -0.1) is 0 Å². The molecular weight excluding hydrogens is 478 g/mol. The van der Waals surface area contributed by atoms with Crippen LogP contribution in [0.15, 0.2) is 59.5 Å². The minimum atomic E-state index is -3.92. The Hall–Kier alpha value is -3.63. The molecule has 0 unspecified atom stereocenters. The molecular formula is C23H22ClN5O4S. The molecule has 4 aromatic rings. The van der Waals surface area contributed by atoms with Gasteiger partial charge in [-0.1, -0.05) is 11.6 Å². The Morgan fingerprint density at radius 3 is 2.35 bits per heavy atom. The Bertz CT molecular complexity index is 1450. The Morgan fingerprint density at radius 2 is 1.71 bits per heavy atom. The zero-order valence-electron chi connectivity index (χ0n) is 18.9. The lowest BCUT2D eigenvalue weighted by Crippen LogP contribution is -2.14. The van der Waals surface area contributed by atoms with E-state index in [1.807, 2.05) is 19.9 Å². The van der Waals surface area contributed by atoms with E-state index in [1.54, 1.807) is 48.0 Å². The molecule has 4 rings (SSSR count). The topological polar surface area (TPSA) is 108 Å². The average Bonchev–Trinajstić information content (AvgIpc) is 3.12. The maximum atomic E-state index is 12.8. The molecule has 0 atom stereocenters. The number of benzene rings is 2. The summed E-state index contributed by atoms with van der Waals surface area (Å²) < 4.78 is 41.0. The molecule has 0 saturated carbocycles. The normalized spacial score (nSPS) is 11.3. The molecule has 0 fully saturated rings. The molecule has 2 aromatic carbocycles. The van der Waals surface area contributed by atoms with Gasteiger partial charge in [0.25, 0.3) is 10.0 Å². The smallest absolute Gasteiger partial charge is 0.265 e. The summed E-state index contributed by atoms with van der Waals surface area (Å²) in [5, 5.41) is 4.73. The molecule has 0 aliphatic carbocycles. The molecule has 1 N–H and O–H groups in total. The highest BCUT2D eigenvalue weighted by Crippen LogP contribution is 2.30. The van der Waals surface area contributed by atoms with Crippen molar-refractivity contribution in [3.05, 3.63) is 76.8 Å². The lowest BCUT2D eigenvalue weighted by Gasteiger charge is -2.13. The number of anilines is 1. The van der Waals surface area contributed by atoms with Crippen molar-refractivity contribution in [3.63, 3.8) is 0 Å². The van der Waals surface area contributed by atoms with Crippen molar-refractivity contribution in [1.82, 2.24) is 19.7 Å². The fraction of sp³-hybridized carbons (Fsp3) is 0.174. The molecule has 0 amide bonds. The standard InChI is InChI=1S/C23H22ClN5O4S/c1-14-11-15(2)29(27-14)22-13-23(26-16(3)25-22)33-19-8-6-18(7-9-19)28-34(30,31)21-12-17(24)5-10-20(21)32-4/h5-13,28H,1-4H3. The van der Waals surface area contributed by atoms with Crippen LogP contribution in [0.25, 0.3) is 5.82 Å². The van der Waals surface area contributed by atoms with Gasteiger partial charge < -0.3 is 9.47 Å². The second kappa shape index (κ2) is 9.32. The van der Waals surface area contributed by atoms with Gasteiger partial charge in [0.2, 0.25) is 5.88 Å². The molecule has 0 aliphatic rings. The van der Waals surface area contributed by atoms with Gasteiger partial charge in [-0.25, -0.2) is 18.1 Å². The van der Waals surface area contributed by atoms with E-state index in [0.717, 1.165) is 11.4 Å². The van der Waals surface area contributed by atoms with E-state index in [4.69, 9.17) is 21.1 Å². The van der Waals surface area contributed by atoms with E-state index < -0.39 is 10.0 Å². The number of nitrogens with one attached hydrogen (secondary N) is 1. The zero-order valence-corrected chi connectivity index (χ0v) is 20.5. The Labute approximate surface area is 202 Å². The second-order valence-corrected chi connectivity index (χ2v) is 9.56. The zero-order chi connectivity index (χ0) is 24.5. The monoisotopic (exact) mass is 499 g/mol. The van der Waals surface area contributed by atoms with E-state index in [2.05, 4.69) is 19.8 Å². The maximum Gasteiger partial charge on any atom is 0.265 e. The van der Waals surface area contributed by atoms with Crippen LogP contribution in [0.4, 0.5) is 5.69 Å². The lowest BCUT2D eigenvalue weighted by molar-refractivity contribution is 0.403. The van der Waals surface area contributed by atoms with Crippen molar-refractivity contribution in [2.75, 3.05) is 11.8 Å².